The third kappa shape index (κ3) is 4.40. The van der Waals surface area contributed by atoms with Crippen LogP contribution >= 0.6 is 0 Å². The SMILES string of the molecule is CN(C)c1ccc(C2(c3ccc(N(C)C)cc3)OC(=NCc3ccccc3)Oc3ccccc32)cc1. The van der Waals surface area contributed by atoms with Crippen LogP contribution in [-0.4, -0.2) is 34.3 Å². The third-order valence-corrected chi connectivity index (χ3v) is 6.52. The van der Waals surface area contributed by atoms with Crippen LogP contribution in [0, 0.1) is 0 Å². The average molecular weight is 478 g/mol. The lowest BCUT2D eigenvalue weighted by molar-refractivity contribution is 0.0818. The Morgan fingerprint density at radius 2 is 1.17 bits per heavy atom. The Labute approximate surface area is 213 Å². The normalized spacial score (nSPS) is 14.9. The van der Waals surface area contributed by atoms with E-state index in [1.54, 1.807) is 0 Å². The van der Waals surface area contributed by atoms with Gasteiger partial charge >= 0.3 is 6.08 Å². The number of para-hydroxylation sites is 1. The highest BCUT2D eigenvalue weighted by Gasteiger charge is 2.46. The van der Waals surface area contributed by atoms with E-state index in [-0.39, 0.29) is 6.08 Å². The van der Waals surface area contributed by atoms with Crippen molar-refractivity contribution in [3.05, 3.63) is 125 Å². The van der Waals surface area contributed by atoms with Crippen molar-refractivity contribution in [1.82, 2.24) is 0 Å². The smallest absolute Gasteiger partial charge is 0.391 e. The second-order valence-corrected chi connectivity index (χ2v) is 9.33. The van der Waals surface area contributed by atoms with E-state index in [1.165, 1.54) is 0 Å². The first kappa shape index (κ1) is 23.5. The number of nitrogens with zero attached hydrogens (tertiary/aromatic N) is 3. The van der Waals surface area contributed by atoms with E-state index in [4.69, 9.17) is 14.5 Å². The zero-order chi connectivity index (χ0) is 25.1. The molecule has 0 spiro atoms. The summed E-state index contributed by atoms with van der Waals surface area (Å²) in [6.45, 7) is 0.466. The summed E-state index contributed by atoms with van der Waals surface area (Å²) >= 11 is 0. The summed E-state index contributed by atoms with van der Waals surface area (Å²) in [7, 11) is 8.16. The van der Waals surface area contributed by atoms with Crippen LogP contribution in [0.4, 0.5) is 11.4 Å². The van der Waals surface area contributed by atoms with E-state index in [1.807, 2.05) is 76.7 Å². The fourth-order valence-electron chi connectivity index (χ4n) is 4.54. The van der Waals surface area contributed by atoms with Crippen molar-refractivity contribution in [3.8, 4) is 5.75 Å². The monoisotopic (exact) mass is 477 g/mol. The van der Waals surface area contributed by atoms with Gasteiger partial charge in [0, 0.05) is 56.3 Å². The Bertz CT molecular complexity index is 1290. The number of ether oxygens (including phenoxy) is 2. The van der Waals surface area contributed by atoms with Crippen molar-refractivity contribution < 1.29 is 9.47 Å². The van der Waals surface area contributed by atoms with Gasteiger partial charge in [-0.1, -0.05) is 72.8 Å². The summed E-state index contributed by atoms with van der Waals surface area (Å²) in [4.78, 5) is 8.93. The van der Waals surface area contributed by atoms with Gasteiger partial charge in [-0.2, -0.15) is 0 Å². The number of hydrogen-bond donors (Lipinski definition) is 0. The van der Waals surface area contributed by atoms with Gasteiger partial charge in [-0.05, 0) is 35.9 Å². The molecule has 1 aliphatic heterocycles. The predicted octanol–water partition coefficient (Wildman–Crippen LogP) is 6.08. The van der Waals surface area contributed by atoms with Crippen molar-refractivity contribution in [2.45, 2.75) is 12.1 Å². The molecular weight excluding hydrogens is 446 g/mol. The van der Waals surface area contributed by atoms with Crippen LogP contribution in [0.2, 0.25) is 0 Å². The number of hydrogen-bond acceptors (Lipinski definition) is 5. The number of benzene rings is 4. The van der Waals surface area contributed by atoms with Gasteiger partial charge < -0.3 is 19.3 Å². The number of rotatable bonds is 6. The van der Waals surface area contributed by atoms with Crippen LogP contribution in [0.25, 0.3) is 0 Å². The molecule has 0 radical (unpaired) electrons. The van der Waals surface area contributed by atoms with Crippen molar-refractivity contribution in [2.24, 2.45) is 4.99 Å². The molecule has 0 N–H and O–H groups in total. The molecule has 1 heterocycles. The topological polar surface area (TPSA) is 37.3 Å². The van der Waals surface area contributed by atoms with Crippen LogP contribution in [0.15, 0.2) is 108 Å². The van der Waals surface area contributed by atoms with Gasteiger partial charge in [-0.25, -0.2) is 4.99 Å². The Kier molecular flexibility index (Phi) is 6.38. The molecule has 0 aliphatic carbocycles. The highest BCUT2D eigenvalue weighted by molar-refractivity contribution is 5.77. The fraction of sp³-hybridized carbons (Fsp3) is 0.194. The Morgan fingerprint density at radius 3 is 1.72 bits per heavy atom. The lowest BCUT2D eigenvalue weighted by atomic mass is 9.79. The van der Waals surface area contributed by atoms with Crippen LogP contribution in [0.3, 0.4) is 0 Å². The minimum atomic E-state index is -0.917. The molecule has 0 saturated carbocycles. The summed E-state index contributed by atoms with van der Waals surface area (Å²) in [5.74, 6) is 0.740. The van der Waals surface area contributed by atoms with E-state index in [0.29, 0.717) is 6.54 Å². The van der Waals surface area contributed by atoms with Gasteiger partial charge in [0.1, 0.15) is 5.75 Å². The van der Waals surface area contributed by atoms with Crippen LogP contribution < -0.4 is 14.5 Å². The molecule has 0 atom stereocenters. The minimum absolute atomic E-state index is 0.255. The molecule has 5 rings (SSSR count). The summed E-state index contributed by atoms with van der Waals surface area (Å²) in [5.41, 5.74) is 5.37. The quantitative estimate of drug-likeness (QED) is 0.338. The van der Waals surface area contributed by atoms with Crippen molar-refractivity contribution in [3.63, 3.8) is 0 Å². The summed E-state index contributed by atoms with van der Waals surface area (Å²) < 4.78 is 13.0. The van der Waals surface area contributed by atoms with Crippen LogP contribution in [-0.2, 0) is 16.9 Å². The van der Waals surface area contributed by atoms with Gasteiger partial charge in [-0.15, -0.1) is 0 Å². The molecule has 1 aliphatic rings. The van der Waals surface area contributed by atoms with Crippen molar-refractivity contribution in [2.75, 3.05) is 38.0 Å². The van der Waals surface area contributed by atoms with Gasteiger partial charge in [0.05, 0.1) is 6.54 Å². The number of fused-ring (bicyclic) bond motifs is 1. The zero-order valence-electron chi connectivity index (χ0n) is 21.2. The molecule has 4 aromatic rings. The largest absolute Gasteiger partial charge is 0.429 e. The first-order chi connectivity index (χ1) is 17.5. The molecule has 5 heteroatoms. The molecule has 5 nitrogen and oxygen atoms in total. The van der Waals surface area contributed by atoms with Gasteiger partial charge in [0.25, 0.3) is 0 Å². The molecular formula is C31H31N3O2. The zero-order valence-corrected chi connectivity index (χ0v) is 21.2. The third-order valence-electron chi connectivity index (χ3n) is 6.52. The molecule has 0 fully saturated rings. The Morgan fingerprint density at radius 1 is 0.639 bits per heavy atom. The predicted molar refractivity (Wildman–Crippen MR) is 147 cm³/mol. The standard InChI is InChI=1S/C31H31N3O2/c1-33(2)26-18-14-24(15-19-26)31(25-16-20-27(21-17-25)34(3)4)28-12-8-9-13-29(28)35-30(36-31)32-22-23-10-6-5-7-11-23/h5-21H,22H2,1-4H3. The second kappa shape index (κ2) is 9.78. The Hall–Kier alpha value is -4.25. The van der Waals surface area contributed by atoms with E-state index in [0.717, 1.165) is 39.4 Å². The van der Waals surface area contributed by atoms with E-state index in [9.17, 15) is 0 Å². The van der Waals surface area contributed by atoms with E-state index in [2.05, 4.69) is 64.4 Å². The molecule has 0 unspecified atom stereocenters. The molecule has 0 saturated heterocycles. The number of anilines is 2. The summed E-state index contributed by atoms with van der Waals surface area (Å²) in [6.07, 6.45) is 0.255. The second-order valence-electron chi connectivity index (χ2n) is 9.33. The highest BCUT2D eigenvalue weighted by atomic mass is 16.7. The van der Waals surface area contributed by atoms with Gasteiger partial charge in [0.15, 0.2) is 5.60 Å². The Balaban J connectivity index is 1.68. The van der Waals surface area contributed by atoms with Crippen molar-refractivity contribution in [1.29, 1.82) is 0 Å². The molecule has 182 valence electrons. The maximum atomic E-state index is 6.80. The summed E-state index contributed by atoms with van der Waals surface area (Å²) in [5, 5.41) is 0. The fourth-order valence-corrected chi connectivity index (χ4v) is 4.54. The molecule has 0 bridgehead atoms. The van der Waals surface area contributed by atoms with Crippen LogP contribution in [0.1, 0.15) is 22.3 Å². The van der Waals surface area contributed by atoms with Gasteiger partial charge in [-0.3, -0.25) is 0 Å². The maximum absolute atomic E-state index is 6.80. The molecule has 0 amide bonds. The first-order valence-corrected chi connectivity index (χ1v) is 12.1. The lowest BCUT2D eigenvalue weighted by Gasteiger charge is -2.40. The molecule has 4 aromatic carbocycles. The molecule has 36 heavy (non-hydrogen) atoms. The highest BCUT2D eigenvalue weighted by Crippen LogP contribution is 2.47. The average Bonchev–Trinajstić information content (AvgIpc) is 2.92. The van der Waals surface area contributed by atoms with Crippen LogP contribution in [0.5, 0.6) is 5.75 Å². The van der Waals surface area contributed by atoms with E-state index >= 15 is 0 Å². The maximum Gasteiger partial charge on any atom is 0.391 e. The first-order valence-electron chi connectivity index (χ1n) is 12.1. The summed E-state index contributed by atoms with van der Waals surface area (Å²) in [6, 6.07) is 35.2. The van der Waals surface area contributed by atoms with E-state index < -0.39 is 5.60 Å². The molecule has 0 aromatic heterocycles. The minimum Gasteiger partial charge on any atom is -0.429 e. The van der Waals surface area contributed by atoms with Crippen molar-refractivity contribution >= 4 is 17.5 Å². The van der Waals surface area contributed by atoms with Gasteiger partial charge in [0.2, 0.25) is 0 Å². The lowest BCUT2D eigenvalue weighted by Crippen LogP contribution is -2.41. The number of aliphatic imine (C=N–C) groups is 1.